The number of aromatic nitrogens is 2. The molecule has 0 atom stereocenters. The van der Waals surface area contributed by atoms with E-state index >= 15 is 0 Å². The number of aryl methyl sites for hydroxylation is 2. The molecule has 0 unspecified atom stereocenters. The molecule has 0 aliphatic carbocycles. The lowest BCUT2D eigenvalue weighted by atomic mass is 10.1. The standard InChI is InChI=1S/C18H19N3O2.ClH/c1-11-4-7-14-16(8-11)21-18(20-14)13-6-5-12(2)15(9-13)19-17(22)10-23-3;/h4-9H,10H2,1-3H3,(H,19,22)(H,20,21);1H. The largest absolute Gasteiger partial charge is 0.375 e. The van der Waals surface area contributed by atoms with Crippen LogP contribution in [0.25, 0.3) is 22.4 Å². The van der Waals surface area contributed by atoms with Crippen molar-refractivity contribution in [3.05, 3.63) is 47.5 Å². The Morgan fingerprint density at radius 3 is 2.75 bits per heavy atom. The Kier molecular flexibility index (Phi) is 5.59. The monoisotopic (exact) mass is 345 g/mol. The van der Waals surface area contributed by atoms with Crippen LogP contribution in [0.1, 0.15) is 11.1 Å². The first-order chi connectivity index (χ1) is 11.1. The summed E-state index contributed by atoms with van der Waals surface area (Å²) in [6.07, 6.45) is 0. The summed E-state index contributed by atoms with van der Waals surface area (Å²) in [5.41, 5.74) is 5.80. The van der Waals surface area contributed by atoms with E-state index in [0.717, 1.165) is 33.7 Å². The number of benzene rings is 2. The zero-order chi connectivity index (χ0) is 16.4. The minimum absolute atomic E-state index is 0. The van der Waals surface area contributed by atoms with E-state index < -0.39 is 0 Å². The molecule has 2 N–H and O–H groups in total. The van der Waals surface area contributed by atoms with E-state index in [4.69, 9.17) is 4.74 Å². The fraction of sp³-hybridized carbons (Fsp3) is 0.222. The van der Waals surface area contributed by atoms with Crippen LogP contribution in [0.5, 0.6) is 0 Å². The molecule has 2 aromatic carbocycles. The molecular formula is C18H20ClN3O2. The van der Waals surface area contributed by atoms with E-state index in [1.54, 1.807) is 0 Å². The van der Waals surface area contributed by atoms with Crippen molar-refractivity contribution in [1.82, 2.24) is 9.97 Å². The summed E-state index contributed by atoms with van der Waals surface area (Å²) in [7, 11) is 1.50. The zero-order valence-electron chi connectivity index (χ0n) is 13.8. The highest BCUT2D eigenvalue weighted by Gasteiger charge is 2.09. The number of nitrogens with one attached hydrogen (secondary N) is 2. The van der Waals surface area contributed by atoms with Gasteiger partial charge in [0.1, 0.15) is 12.4 Å². The van der Waals surface area contributed by atoms with Crippen LogP contribution in [0.3, 0.4) is 0 Å². The predicted molar refractivity (Wildman–Crippen MR) is 98.8 cm³/mol. The summed E-state index contributed by atoms with van der Waals surface area (Å²) in [6, 6.07) is 12.0. The van der Waals surface area contributed by atoms with E-state index in [1.807, 2.05) is 37.3 Å². The van der Waals surface area contributed by atoms with Crippen LogP contribution in [0, 0.1) is 13.8 Å². The van der Waals surface area contributed by atoms with Gasteiger partial charge in [0.05, 0.1) is 11.0 Å². The Morgan fingerprint density at radius 1 is 1.21 bits per heavy atom. The first-order valence-corrected chi connectivity index (χ1v) is 7.43. The number of anilines is 1. The maximum Gasteiger partial charge on any atom is 0.250 e. The fourth-order valence-corrected chi connectivity index (χ4v) is 2.48. The molecule has 0 aliphatic heterocycles. The van der Waals surface area contributed by atoms with Crippen molar-refractivity contribution in [2.24, 2.45) is 0 Å². The number of carbonyl (C=O) groups excluding carboxylic acids is 1. The van der Waals surface area contributed by atoms with Gasteiger partial charge in [-0.2, -0.15) is 0 Å². The molecule has 0 saturated heterocycles. The summed E-state index contributed by atoms with van der Waals surface area (Å²) in [6.45, 7) is 4.04. The molecule has 3 aromatic rings. The topological polar surface area (TPSA) is 67.0 Å². The van der Waals surface area contributed by atoms with Crippen molar-refractivity contribution in [3.63, 3.8) is 0 Å². The molecule has 5 nitrogen and oxygen atoms in total. The van der Waals surface area contributed by atoms with Gasteiger partial charge >= 0.3 is 0 Å². The van der Waals surface area contributed by atoms with Crippen molar-refractivity contribution in [2.45, 2.75) is 13.8 Å². The molecule has 24 heavy (non-hydrogen) atoms. The second-order valence-electron chi connectivity index (χ2n) is 5.62. The Labute approximate surface area is 146 Å². The lowest BCUT2D eigenvalue weighted by Gasteiger charge is -2.09. The van der Waals surface area contributed by atoms with E-state index in [9.17, 15) is 4.79 Å². The van der Waals surface area contributed by atoms with Crippen LogP contribution in [0.15, 0.2) is 36.4 Å². The number of hydrogen-bond donors (Lipinski definition) is 2. The molecule has 1 aromatic heterocycles. The number of nitrogens with zero attached hydrogens (tertiary/aromatic N) is 1. The predicted octanol–water partition coefficient (Wildman–Crippen LogP) is 3.85. The highest BCUT2D eigenvalue weighted by atomic mass is 35.5. The van der Waals surface area contributed by atoms with Gasteiger partial charge in [0.2, 0.25) is 5.91 Å². The van der Waals surface area contributed by atoms with E-state index in [1.165, 1.54) is 12.7 Å². The van der Waals surface area contributed by atoms with Crippen LogP contribution in [-0.2, 0) is 9.53 Å². The minimum atomic E-state index is -0.173. The SMILES string of the molecule is COCC(=O)Nc1cc(-c2nc3ccc(C)cc3[nH]2)ccc1C.Cl. The van der Waals surface area contributed by atoms with Gasteiger partial charge in [0.25, 0.3) is 0 Å². The molecular weight excluding hydrogens is 326 g/mol. The minimum Gasteiger partial charge on any atom is -0.375 e. The Hall–Kier alpha value is -2.37. The average molecular weight is 346 g/mol. The molecule has 126 valence electrons. The first kappa shape index (κ1) is 18.0. The van der Waals surface area contributed by atoms with Gasteiger partial charge < -0.3 is 15.0 Å². The Balaban J connectivity index is 0.00000208. The van der Waals surface area contributed by atoms with E-state index in [-0.39, 0.29) is 24.9 Å². The molecule has 0 spiro atoms. The maximum atomic E-state index is 11.7. The van der Waals surface area contributed by atoms with Crippen LogP contribution in [0.2, 0.25) is 0 Å². The van der Waals surface area contributed by atoms with Gasteiger partial charge in [0.15, 0.2) is 0 Å². The molecule has 0 saturated carbocycles. The number of amides is 1. The second-order valence-corrected chi connectivity index (χ2v) is 5.62. The molecule has 0 bridgehead atoms. The van der Waals surface area contributed by atoms with Crippen molar-refractivity contribution in [3.8, 4) is 11.4 Å². The van der Waals surface area contributed by atoms with Crippen LogP contribution >= 0.6 is 12.4 Å². The number of imidazole rings is 1. The zero-order valence-corrected chi connectivity index (χ0v) is 14.7. The van der Waals surface area contributed by atoms with Crippen LogP contribution < -0.4 is 5.32 Å². The molecule has 0 aliphatic rings. The van der Waals surface area contributed by atoms with Crippen molar-refractivity contribution < 1.29 is 9.53 Å². The van der Waals surface area contributed by atoms with Crippen molar-refractivity contribution in [1.29, 1.82) is 0 Å². The Bertz CT molecular complexity index is 874. The number of H-pyrrole nitrogens is 1. The van der Waals surface area contributed by atoms with Gasteiger partial charge in [-0.1, -0.05) is 18.2 Å². The number of carbonyl (C=O) groups is 1. The number of ether oxygens (including phenoxy) is 1. The molecule has 1 amide bonds. The van der Waals surface area contributed by atoms with E-state index in [2.05, 4.69) is 28.3 Å². The maximum absolute atomic E-state index is 11.7. The highest BCUT2D eigenvalue weighted by Crippen LogP contribution is 2.26. The summed E-state index contributed by atoms with van der Waals surface area (Å²) >= 11 is 0. The van der Waals surface area contributed by atoms with Crippen LogP contribution in [0.4, 0.5) is 5.69 Å². The fourth-order valence-electron chi connectivity index (χ4n) is 2.48. The number of halogens is 1. The first-order valence-electron chi connectivity index (χ1n) is 7.43. The third kappa shape index (κ3) is 3.75. The van der Waals surface area contributed by atoms with Gasteiger partial charge in [-0.15, -0.1) is 12.4 Å². The number of aromatic amines is 1. The number of rotatable bonds is 4. The van der Waals surface area contributed by atoms with Gasteiger partial charge in [-0.25, -0.2) is 4.98 Å². The smallest absolute Gasteiger partial charge is 0.250 e. The normalized spacial score (nSPS) is 10.5. The van der Waals surface area contributed by atoms with Crippen molar-refractivity contribution in [2.75, 3.05) is 19.0 Å². The summed E-state index contributed by atoms with van der Waals surface area (Å²) in [5, 5.41) is 2.86. The number of fused-ring (bicyclic) bond motifs is 1. The van der Waals surface area contributed by atoms with Gasteiger partial charge in [-0.3, -0.25) is 4.79 Å². The van der Waals surface area contributed by atoms with Crippen LogP contribution in [-0.4, -0.2) is 29.6 Å². The third-order valence-electron chi connectivity index (χ3n) is 3.70. The molecule has 0 radical (unpaired) electrons. The average Bonchev–Trinajstić information content (AvgIpc) is 2.92. The summed E-state index contributed by atoms with van der Waals surface area (Å²) in [4.78, 5) is 19.7. The van der Waals surface area contributed by atoms with Gasteiger partial charge in [0, 0.05) is 18.4 Å². The van der Waals surface area contributed by atoms with Gasteiger partial charge in [-0.05, 0) is 43.2 Å². The molecule has 1 heterocycles. The summed E-state index contributed by atoms with van der Waals surface area (Å²) < 4.78 is 4.85. The highest BCUT2D eigenvalue weighted by molar-refractivity contribution is 5.93. The lowest BCUT2D eigenvalue weighted by Crippen LogP contribution is -2.17. The number of hydrogen-bond acceptors (Lipinski definition) is 3. The van der Waals surface area contributed by atoms with E-state index in [0.29, 0.717) is 0 Å². The second kappa shape index (κ2) is 7.47. The van der Waals surface area contributed by atoms with Crippen molar-refractivity contribution >= 4 is 35.0 Å². The summed E-state index contributed by atoms with van der Waals surface area (Å²) in [5.74, 6) is 0.612. The molecule has 6 heteroatoms. The third-order valence-corrected chi connectivity index (χ3v) is 3.70. The molecule has 3 rings (SSSR count). The Morgan fingerprint density at radius 2 is 2.00 bits per heavy atom. The lowest BCUT2D eigenvalue weighted by molar-refractivity contribution is -0.119. The quantitative estimate of drug-likeness (QED) is 0.754. The molecule has 0 fully saturated rings. The number of methoxy groups -OCH3 is 1.